The van der Waals surface area contributed by atoms with Crippen LogP contribution in [0, 0.1) is 11.3 Å². The molecule has 1 aromatic carbocycles. The standard InChI is InChI=1S/C16H19BClNO3/c1-15(2)16(3,4)22-17(21-15)13(10-20)7-11-5-6-14(18)8-12(11)9-19/h5-8,20H,10H2,1-4H3. The predicted octanol–water partition coefficient (Wildman–Crippen LogP) is 3.22. The molecule has 1 saturated heterocycles. The Morgan fingerprint density at radius 2 is 1.91 bits per heavy atom. The normalized spacial score (nSPS) is 20.0. The van der Waals surface area contributed by atoms with Gasteiger partial charge in [-0.15, -0.1) is 0 Å². The van der Waals surface area contributed by atoms with Gasteiger partial charge in [0.2, 0.25) is 0 Å². The van der Waals surface area contributed by atoms with Crippen molar-refractivity contribution in [3.05, 3.63) is 39.8 Å². The summed E-state index contributed by atoms with van der Waals surface area (Å²) in [5, 5.41) is 19.4. The molecule has 1 aliphatic rings. The van der Waals surface area contributed by atoms with E-state index in [0.29, 0.717) is 21.6 Å². The second-order valence-corrected chi connectivity index (χ2v) is 6.75. The van der Waals surface area contributed by atoms with Crippen LogP contribution in [0.15, 0.2) is 23.7 Å². The SMILES string of the molecule is CC1(C)OB(C(=Cc2ccc(Cl)cc2C#N)CO)OC1(C)C. The van der Waals surface area contributed by atoms with Crippen LogP contribution < -0.4 is 0 Å². The predicted molar refractivity (Wildman–Crippen MR) is 87.3 cm³/mol. The molecule has 0 saturated carbocycles. The number of hydrogen-bond donors (Lipinski definition) is 1. The molecule has 0 unspecified atom stereocenters. The van der Waals surface area contributed by atoms with Gasteiger partial charge in [0.05, 0.1) is 29.4 Å². The topological polar surface area (TPSA) is 62.5 Å². The van der Waals surface area contributed by atoms with Crippen molar-refractivity contribution in [3.63, 3.8) is 0 Å². The van der Waals surface area contributed by atoms with E-state index in [2.05, 4.69) is 6.07 Å². The van der Waals surface area contributed by atoms with E-state index < -0.39 is 18.3 Å². The van der Waals surface area contributed by atoms with Crippen LogP contribution in [0.3, 0.4) is 0 Å². The zero-order valence-corrected chi connectivity index (χ0v) is 13.9. The molecule has 2 rings (SSSR count). The van der Waals surface area contributed by atoms with Crippen LogP contribution in [0.2, 0.25) is 5.02 Å². The lowest BCUT2D eigenvalue weighted by molar-refractivity contribution is 0.00578. The minimum atomic E-state index is -0.641. The van der Waals surface area contributed by atoms with Gasteiger partial charge in [-0.05, 0) is 50.9 Å². The van der Waals surface area contributed by atoms with Crippen LogP contribution in [0.25, 0.3) is 6.08 Å². The molecule has 0 aliphatic carbocycles. The van der Waals surface area contributed by atoms with Crippen molar-refractivity contribution in [1.29, 1.82) is 5.26 Å². The molecular formula is C16H19BClNO3. The highest BCUT2D eigenvalue weighted by molar-refractivity contribution is 6.55. The monoisotopic (exact) mass is 319 g/mol. The number of benzene rings is 1. The first-order valence-electron chi connectivity index (χ1n) is 7.07. The minimum absolute atomic E-state index is 0.218. The molecule has 0 bridgehead atoms. The second-order valence-electron chi connectivity index (χ2n) is 6.31. The third-order valence-electron chi connectivity index (χ3n) is 4.22. The third kappa shape index (κ3) is 3.21. The van der Waals surface area contributed by atoms with Crippen LogP contribution in [-0.2, 0) is 9.31 Å². The summed E-state index contributed by atoms with van der Waals surface area (Å²) in [6.07, 6.45) is 1.72. The Hall–Kier alpha value is -1.32. The number of nitrogens with zero attached hydrogens (tertiary/aromatic N) is 1. The van der Waals surface area contributed by atoms with E-state index in [1.165, 1.54) is 0 Å². The van der Waals surface area contributed by atoms with Gasteiger partial charge in [-0.2, -0.15) is 5.26 Å². The lowest BCUT2D eigenvalue weighted by atomic mass is 9.77. The van der Waals surface area contributed by atoms with E-state index in [9.17, 15) is 10.4 Å². The second kappa shape index (κ2) is 6.06. The Morgan fingerprint density at radius 1 is 1.32 bits per heavy atom. The largest absolute Gasteiger partial charge is 0.492 e. The van der Waals surface area contributed by atoms with Gasteiger partial charge in [-0.25, -0.2) is 0 Å². The highest BCUT2D eigenvalue weighted by Crippen LogP contribution is 2.38. The van der Waals surface area contributed by atoms with Gasteiger partial charge < -0.3 is 14.4 Å². The molecule has 1 aliphatic heterocycles. The Balaban J connectivity index is 2.36. The van der Waals surface area contributed by atoms with Crippen molar-refractivity contribution >= 4 is 24.8 Å². The Bertz CT molecular complexity index is 633. The molecule has 0 radical (unpaired) electrons. The van der Waals surface area contributed by atoms with Crippen molar-refractivity contribution in [1.82, 2.24) is 0 Å². The van der Waals surface area contributed by atoms with Crippen molar-refractivity contribution in [2.24, 2.45) is 0 Å². The Labute approximate surface area is 136 Å². The van der Waals surface area contributed by atoms with Crippen molar-refractivity contribution < 1.29 is 14.4 Å². The number of hydrogen-bond acceptors (Lipinski definition) is 4. The third-order valence-corrected chi connectivity index (χ3v) is 4.45. The van der Waals surface area contributed by atoms with Crippen LogP contribution >= 0.6 is 11.6 Å². The summed E-state index contributed by atoms with van der Waals surface area (Å²) in [6, 6.07) is 7.13. The molecular weight excluding hydrogens is 300 g/mol. The van der Waals surface area contributed by atoms with Crippen molar-refractivity contribution in [2.45, 2.75) is 38.9 Å². The van der Waals surface area contributed by atoms with Gasteiger partial charge in [0, 0.05) is 5.02 Å². The number of aliphatic hydroxyl groups is 1. The molecule has 0 spiro atoms. The summed E-state index contributed by atoms with van der Waals surface area (Å²) in [6.45, 7) is 7.58. The Kier molecular flexibility index (Phi) is 4.69. The van der Waals surface area contributed by atoms with E-state index in [1.54, 1.807) is 24.3 Å². The summed E-state index contributed by atoms with van der Waals surface area (Å²) in [5.41, 5.74) is 0.714. The molecule has 22 heavy (non-hydrogen) atoms. The average molecular weight is 320 g/mol. The fraction of sp³-hybridized carbons (Fsp3) is 0.438. The van der Waals surface area contributed by atoms with E-state index in [-0.39, 0.29) is 6.61 Å². The van der Waals surface area contributed by atoms with Crippen LogP contribution in [0.1, 0.15) is 38.8 Å². The van der Waals surface area contributed by atoms with E-state index in [4.69, 9.17) is 20.9 Å². The molecule has 0 aromatic heterocycles. The van der Waals surface area contributed by atoms with Gasteiger partial charge in [-0.3, -0.25) is 0 Å². The maximum Gasteiger partial charge on any atom is 0.492 e. The molecule has 1 aromatic rings. The zero-order valence-electron chi connectivity index (χ0n) is 13.2. The van der Waals surface area contributed by atoms with Gasteiger partial charge in [0.25, 0.3) is 0 Å². The van der Waals surface area contributed by atoms with Crippen LogP contribution in [-0.4, -0.2) is 30.0 Å². The smallest absolute Gasteiger partial charge is 0.400 e. The highest BCUT2D eigenvalue weighted by atomic mass is 35.5. The molecule has 4 nitrogen and oxygen atoms in total. The van der Waals surface area contributed by atoms with Crippen LogP contribution in [0.4, 0.5) is 0 Å². The Morgan fingerprint density at radius 3 is 2.41 bits per heavy atom. The van der Waals surface area contributed by atoms with E-state index in [0.717, 1.165) is 0 Å². The molecule has 6 heteroatoms. The van der Waals surface area contributed by atoms with Crippen molar-refractivity contribution in [3.8, 4) is 6.07 Å². The van der Waals surface area contributed by atoms with E-state index in [1.807, 2.05) is 27.7 Å². The van der Waals surface area contributed by atoms with Gasteiger partial charge in [0.1, 0.15) is 0 Å². The average Bonchev–Trinajstić information content (AvgIpc) is 2.65. The van der Waals surface area contributed by atoms with Gasteiger partial charge >= 0.3 is 7.12 Å². The minimum Gasteiger partial charge on any atom is -0.400 e. The summed E-state index contributed by atoms with van der Waals surface area (Å²) in [5.74, 6) is 0. The van der Waals surface area contributed by atoms with Crippen LogP contribution in [0.5, 0.6) is 0 Å². The summed E-state index contributed by atoms with van der Waals surface area (Å²) in [7, 11) is -0.641. The first-order valence-corrected chi connectivity index (χ1v) is 7.44. The maximum absolute atomic E-state index is 9.67. The summed E-state index contributed by atoms with van der Waals surface area (Å²) >= 11 is 5.90. The lowest BCUT2D eigenvalue weighted by Crippen LogP contribution is -2.41. The highest BCUT2D eigenvalue weighted by Gasteiger charge is 2.52. The number of nitriles is 1. The number of aliphatic hydroxyl groups excluding tert-OH is 1. The van der Waals surface area contributed by atoms with Gasteiger partial charge in [-0.1, -0.05) is 23.7 Å². The summed E-state index contributed by atoms with van der Waals surface area (Å²) in [4.78, 5) is 0. The molecule has 0 amide bonds. The number of rotatable bonds is 3. The number of halogens is 1. The molecule has 0 atom stereocenters. The molecule has 1 fully saturated rings. The van der Waals surface area contributed by atoms with Crippen molar-refractivity contribution in [2.75, 3.05) is 6.61 Å². The maximum atomic E-state index is 9.67. The zero-order chi connectivity index (χ0) is 16.5. The molecule has 116 valence electrons. The fourth-order valence-corrected chi connectivity index (χ4v) is 2.31. The molecule has 1 N–H and O–H groups in total. The first-order chi connectivity index (χ1) is 10.2. The van der Waals surface area contributed by atoms with Gasteiger partial charge in [0.15, 0.2) is 0 Å². The quantitative estimate of drug-likeness (QED) is 0.869. The fourth-order valence-electron chi connectivity index (χ4n) is 2.13. The first kappa shape index (κ1) is 17.0. The molecule has 1 heterocycles. The lowest BCUT2D eigenvalue weighted by Gasteiger charge is -2.32. The summed E-state index contributed by atoms with van der Waals surface area (Å²) < 4.78 is 11.9. The van der Waals surface area contributed by atoms with E-state index >= 15 is 0 Å².